The second kappa shape index (κ2) is 4.07. The van der Waals surface area contributed by atoms with Crippen LogP contribution in [-0.2, 0) is 0 Å². The summed E-state index contributed by atoms with van der Waals surface area (Å²) in [5.41, 5.74) is -0.206. The Morgan fingerprint density at radius 1 is 1.64 bits per heavy atom. The van der Waals surface area contributed by atoms with Crippen molar-refractivity contribution in [3.63, 3.8) is 0 Å². The normalized spacial score (nSPS) is 9.29. The van der Waals surface area contributed by atoms with Crippen LogP contribution < -0.4 is 4.74 Å². The van der Waals surface area contributed by atoms with Gasteiger partial charge in [-0.2, -0.15) is 5.26 Å². The summed E-state index contributed by atoms with van der Waals surface area (Å²) in [6.07, 6.45) is 0. The molecule has 0 aliphatic heterocycles. The molecule has 0 amide bonds. The van der Waals surface area contributed by atoms with E-state index in [4.69, 9.17) is 21.6 Å². The molecule has 72 valence electrons. The fraction of sp³-hybridized carbons (Fsp3) is 0.111. The smallest absolute Gasteiger partial charge is 0.256 e. The molecule has 0 heterocycles. The summed E-state index contributed by atoms with van der Waals surface area (Å²) in [4.78, 5) is 10.9. The van der Waals surface area contributed by atoms with Crippen LogP contribution in [0.4, 0.5) is 4.39 Å². The van der Waals surface area contributed by atoms with Crippen LogP contribution in [0.1, 0.15) is 15.9 Å². The van der Waals surface area contributed by atoms with Crippen molar-refractivity contribution in [3.05, 3.63) is 29.1 Å². The van der Waals surface area contributed by atoms with E-state index in [0.29, 0.717) is 0 Å². The number of halogens is 2. The fourth-order valence-electron chi connectivity index (χ4n) is 1.04. The topological polar surface area (TPSA) is 50.1 Å². The first kappa shape index (κ1) is 10.5. The number of hydrogen-bond donors (Lipinski definition) is 0. The molecule has 0 N–H and O–H groups in total. The van der Waals surface area contributed by atoms with E-state index >= 15 is 0 Å². The third-order valence-corrected chi connectivity index (χ3v) is 1.79. The number of rotatable bonds is 2. The van der Waals surface area contributed by atoms with Gasteiger partial charge in [-0.05, 0) is 23.7 Å². The van der Waals surface area contributed by atoms with E-state index in [9.17, 15) is 9.18 Å². The van der Waals surface area contributed by atoms with Crippen LogP contribution in [0.2, 0.25) is 0 Å². The van der Waals surface area contributed by atoms with Crippen LogP contribution in [0.15, 0.2) is 12.1 Å². The maximum absolute atomic E-state index is 12.9. The largest absolute Gasteiger partial charge is 0.495 e. The van der Waals surface area contributed by atoms with Gasteiger partial charge >= 0.3 is 0 Å². The van der Waals surface area contributed by atoms with Crippen molar-refractivity contribution in [1.82, 2.24) is 0 Å². The number of carbonyl (C=O) groups is 1. The second-order valence-corrected chi connectivity index (χ2v) is 2.76. The molecule has 0 aliphatic rings. The van der Waals surface area contributed by atoms with Crippen molar-refractivity contribution in [3.8, 4) is 11.8 Å². The third-order valence-electron chi connectivity index (χ3n) is 1.59. The van der Waals surface area contributed by atoms with Gasteiger partial charge in [-0.15, -0.1) is 0 Å². The van der Waals surface area contributed by atoms with Crippen LogP contribution in [-0.4, -0.2) is 12.4 Å². The SMILES string of the molecule is COc1c(C#N)cc(F)cc1C(=O)Cl. The van der Waals surface area contributed by atoms with Gasteiger partial charge in [0.05, 0.1) is 18.2 Å². The van der Waals surface area contributed by atoms with E-state index in [-0.39, 0.29) is 16.9 Å². The van der Waals surface area contributed by atoms with E-state index in [1.54, 1.807) is 6.07 Å². The lowest BCUT2D eigenvalue weighted by Gasteiger charge is -2.06. The minimum Gasteiger partial charge on any atom is -0.495 e. The maximum Gasteiger partial charge on any atom is 0.256 e. The number of methoxy groups -OCH3 is 1. The highest BCUT2D eigenvalue weighted by atomic mass is 35.5. The first-order chi connectivity index (χ1) is 6.60. The van der Waals surface area contributed by atoms with E-state index in [1.165, 1.54) is 7.11 Å². The molecule has 1 aromatic carbocycles. The molecule has 0 aliphatic carbocycles. The number of hydrogen-bond acceptors (Lipinski definition) is 3. The first-order valence-corrected chi connectivity index (χ1v) is 3.95. The van der Waals surface area contributed by atoms with Crippen molar-refractivity contribution >= 4 is 16.8 Å². The molecule has 1 rings (SSSR count). The van der Waals surface area contributed by atoms with Crippen LogP contribution in [0.5, 0.6) is 5.75 Å². The molecule has 0 radical (unpaired) electrons. The maximum atomic E-state index is 12.9. The second-order valence-electron chi connectivity index (χ2n) is 2.42. The van der Waals surface area contributed by atoms with Gasteiger partial charge < -0.3 is 4.74 Å². The summed E-state index contributed by atoms with van der Waals surface area (Å²) in [6, 6.07) is 3.61. The molecule has 0 spiro atoms. The van der Waals surface area contributed by atoms with Gasteiger partial charge in [0.15, 0.2) is 0 Å². The predicted molar refractivity (Wildman–Crippen MR) is 47.9 cm³/mol. The number of benzene rings is 1. The molecule has 1 aromatic rings. The van der Waals surface area contributed by atoms with Crippen molar-refractivity contribution < 1.29 is 13.9 Å². The Kier molecular flexibility index (Phi) is 3.05. The Bertz CT molecular complexity index is 426. The molecule has 5 heteroatoms. The van der Waals surface area contributed by atoms with Gasteiger partial charge in [-0.1, -0.05) is 0 Å². The lowest BCUT2D eigenvalue weighted by molar-refractivity contribution is 0.107. The Labute approximate surface area is 84.7 Å². The quantitative estimate of drug-likeness (QED) is 0.707. The lowest BCUT2D eigenvalue weighted by atomic mass is 10.1. The van der Waals surface area contributed by atoms with Crippen molar-refractivity contribution in [2.24, 2.45) is 0 Å². The van der Waals surface area contributed by atoms with Gasteiger partial charge in [0.2, 0.25) is 0 Å². The minimum atomic E-state index is -0.863. The van der Waals surface area contributed by atoms with Crippen molar-refractivity contribution in [1.29, 1.82) is 5.26 Å². The average Bonchev–Trinajstić information content (AvgIpc) is 2.16. The van der Waals surface area contributed by atoms with Crippen LogP contribution in [0, 0.1) is 17.1 Å². The van der Waals surface area contributed by atoms with Crippen LogP contribution in [0.3, 0.4) is 0 Å². The number of carbonyl (C=O) groups excluding carboxylic acids is 1. The third kappa shape index (κ3) is 1.83. The Morgan fingerprint density at radius 3 is 2.71 bits per heavy atom. The van der Waals surface area contributed by atoms with Gasteiger partial charge in [-0.3, -0.25) is 4.79 Å². The van der Waals surface area contributed by atoms with Gasteiger partial charge in [-0.25, -0.2) is 4.39 Å². The lowest BCUT2D eigenvalue weighted by Crippen LogP contribution is -1.99. The zero-order chi connectivity index (χ0) is 10.7. The van der Waals surface area contributed by atoms with E-state index < -0.39 is 11.1 Å². The zero-order valence-electron chi connectivity index (χ0n) is 7.17. The summed E-state index contributed by atoms with van der Waals surface area (Å²) in [5.74, 6) is -0.708. The molecular weight excluding hydrogens is 209 g/mol. The van der Waals surface area contributed by atoms with E-state index in [1.807, 2.05) is 0 Å². The van der Waals surface area contributed by atoms with Crippen molar-refractivity contribution in [2.75, 3.05) is 7.11 Å². The molecular formula is C9H5ClFNO2. The van der Waals surface area contributed by atoms with Gasteiger partial charge in [0.25, 0.3) is 5.24 Å². The van der Waals surface area contributed by atoms with E-state index in [0.717, 1.165) is 12.1 Å². The highest BCUT2D eigenvalue weighted by Gasteiger charge is 2.16. The predicted octanol–water partition coefficient (Wildman–Crippen LogP) is 2.08. The molecule has 0 aromatic heterocycles. The summed E-state index contributed by atoms with van der Waals surface area (Å²) in [6.45, 7) is 0. The zero-order valence-corrected chi connectivity index (χ0v) is 7.93. The average molecular weight is 214 g/mol. The molecule has 0 unspecified atom stereocenters. The fourth-order valence-corrected chi connectivity index (χ4v) is 1.18. The Morgan fingerprint density at radius 2 is 2.29 bits per heavy atom. The first-order valence-electron chi connectivity index (χ1n) is 3.57. The highest BCUT2D eigenvalue weighted by molar-refractivity contribution is 6.68. The molecule has 0 bridgehead atoms. The molecule has 3 nitrogen and oxygen atoms in total. The summed E-state index contributed by atoms with van der Waals surface area (Å²) >= 11 is 5.19. The molecule has 0 atom stereocenters. The standard InChI is InChI=1S/C9H5ClFNO2/c1-14-8-5(4-12)2-6(11)3-7(8)9(10)13/h2-3H,1H3. The van der Waals surface area contributed by atoms with Crippen LogP contribution in [0.25, 0.3) is 0 Å². The van der Waals surface area contributed by atoms with Crippen LogP contribution >= 0.6 is 11.6 Å². The summed E-state index contributed by atoms with van der Waals surface area (Å²) < 4.78 is 17.7. The highest BCUT2D eigenvalue weighted by Crippen LogP contribution is 2.26. The summed E-state index contributed by atoms with van der Waals surface area (Å²) in [5, 5.41) is 7.77. The van der Waals surface area contributed by atoms with E-state index in [2.05, 4.69) is 0 Å². The van der Waals surface area contributed by atoms with Crippen molar-refractivity contribution in [2.45, 2.75) is 0 Å². The molecule has 0 saturated carbocycles. The van der Waals surface area contributed by atoms with Gasteiger partial charge in [0, 0.05) is 0 Å². The summed E-state index contributed by atoms with van der Waals surface area (Å²) in [7, 11) is 1.28. The molecule has 14 heavy (non-hydrogen) atoms. The molecule has 0 saturated heterocycles. The number of nitriles is 1. The Hall–Kier alpha value is -1.60. The molecule has 0 fully saturated rings. The van der Waals surface area contributed by atoms with Gasteiger partial charge in [0.1, 0.15) is 17.6 Å². The monoisotopic (exact) mass is 213 g/mol. The number of nitrogens with zero attached hydrogens (tertiary/aromatic N) is 1. The number of ether oxygens (including phenoxy) is 1. The Balaban J connectivity index is 3.49. The minimum absolute atomic E-state index is 0.00565.